The molecule has 3 fully saturated rings. The summed E-state index contributed by atoms with van der Waals surface area (Å²) in [7, 11) is 2.14. The molecule has 3 saturated heterocycles. The number of likely N-dealkylation sites (N-methyl/N-ethyl adjacent to an activating group) is 1. The van der Waals surface area contributed by atoms with Crippen molar-refractivity contribution in [3.8, 4) is 11.3 Å². The zero-order chi connectivity index (χ0) is 28.6. The highest BCUT2D eigenvalue weighted by Gasteiger charge is 2.53. The SMILES string of the molecule is CC[C@H]1CN(C(=O)[C@@H](NC(=O)c2ccc(-c3csc(N4CCN(C)CC4)n3)cc2)C(C)(C)CC)[C@@H]2C(=O)CO[C@H]12. The molecule has 0 spiro atoms. The number of fused-ring (bicyclic) bond motifs is 1. The summed E-state index contributed by atoms with van der Waals surface area (Å²) < 4.78 is 5.76. The molecule has 1 aromatic carbocycles. The second-order valence-corrected chi connectivity index (χ2v) is 12.8. The molecule has 10 heteroatoms. The maximum absolute atomic E-state index is 13.9. The van der Waals surface area contributed by atoms with Crippen LogP contribution in [0.2, 0.25) is 0 Å². The first-order chi connectivity index (χ1) is 19.1. The van der Waals surface area contributed by atoms with Crippen LogP contribution in [0, 0.1) is 11.3 Å². The lowest BCUT2D eigenvalue weighted by Crippen LogP contribution is -2.57. The normalized spacial score (nSPS) is 24.3. The third-order valence-corrected chi connectivity index (χ3v) is 9.92. The van der Waals surface area contributed by atoms with Gasteiger partial charge in [-0.1, -0.05) is 39.8 Å². The average molecular weight is 568 g/mol. The van der Waals surface area contributed by atoms with Crippen molar-refractivity contribution in [2.45, 2.75) is 58.7 Å². The summed E-state index contributed by atoms with van der Waals surface area (Å²) in [6.45, 7) is 12.5. The quantitative estimate of drug-likeness (QED) is 0.523. The summed E-state index contributed by atoms with van der Waals surface area (Å²) in [5.74, 6) is -0.446. The number of rotatable bonds is 8. The number of carbonyl (C=O) groups excluding carboxylic acids is 3. The van der Waals surface area contributed by atoms with Crippen molar-refractivity contribution < 1.29 is 19.1 Å². The number of ketones is 1. The molecule has 1 aromatic heterocycles. The number of thiazole rings is 1. The van der Waals surface area contributed by atoms with Crippen molar-refractivity contribution in [3.05, 3.63) is 35.2 Å². The fraction of sp³-hybridized carbons (Fsp3) is 0.600. The van der Waals surface area contributed by atoms with E-state index in [9.17, 15) is 14.4 Å². The molecular weight excluding hydrogens is 526 g/mol. The Morgan fingerprint density at radius 1 is 1.15 bits per heavy atom. The van der Waals surface area contributed by atoms with E-state index < -0.39 is 17.5 Å². The molecule has 40 heavy (non-hydrogen) atoms. The van der Waals surface area contributed by atoms with Crippen molar-refractivity contribution in [1.29, 1.82) is 0 Å². The van der Waals surface area contributed by atoms with Gasteiger partial charge < -0.3 is 24.8 Å². The summed E-state index contributed by atoms with van der Waals surface area (Å²) in [4.78, 5) is 51.2. The van der Waals surface area contributed by atoms with E-state index in [1.165, 1.54) is 0 Å². The Labute approximate surface area is 240 Å². The van der Waals surface area contributed by atoms with Gasteiger partial charge in [0, 0.05) is 55.1 Å². The molecular formula is C30H41N5O4S. The van der Waals surface area contributed by atoms with E-state index in [2.05, 4.69) is 34.5 Å². The number of benzene rings is 1. The van der Waals surface area contributed by atoms with Crippen LogP contribution in [0.15, 0.2) is 29.6 Å². The maximum atomic E-state index is 13.9. The number of carbonyl (C=O) groups is 3. The number of hydrogen-bond donors (Lipinski definition) is 1. The molecule has 216 valence electrons. The highest BCUT2D eigenvalue weighted by molar-refractivity contribution is 7.14. The minimum atomic E-state index is -0.765. The van der Waals surface area contributed by atoms with E-state index >= 15 is 0 Å². The predicted molar refractivity (Wildman–Crippen MR) is 157 cm³/mol. The van der Waals surface area contributed by atoms with Crippen LogP contribution in [0.4, 0.5) is 5.13 Å². The van der Waals surface area contributed by atoms with Crippen molar-refractivity contribution >= 4 is 34.1 Å². The first-order valence-corrected chi connectivity index (χ1v) is 15.3. The van der Waals surface area contributed by atoms with E-state index in [-0.39, 0.29) is 36.2 Å². The molecule has 0 aliphatic carbocycles. The van der Waals surface area contributed by atoms with Crippen LogP contribution in [0.25, 0.3) is 11.3 Å². The zero-order valence-electron chi connectivity index (χ0n) is 24.2. The smallest absolute Gasteiger partial charge is 0.251 e. The van der Waals surface area contributed by atoms with Gasteiger partial charge in [-0.05, 0) is 37.4 Å². The summed E-state index contributed by atoms with van der Waals surface area (Å²) in [5, 5.41) is 6.11. The number of aromatic nitrogens is 1. The van der Waals surface area contributed by atoms with E-state index in [0.717, 1.165) is 49.0 Å². The topological polar surface area (TPSA) is 95.1 Å². The van der Waals surface area contributed by atoms with Crippen molar-refractivity contribution in [1.82, 2.24) is 20.1 Å². The van der Waals surface area contributed by atoms with Crippen LogP contribution in [0.5, 0.6) is 0 Å². The van der Waals surface area contributed by atoms with Crippen LogP contribution in [-0.4, -0.2) is 96.9 Å². The Morgan fingerprint density at radius 2 is 1.85 bits per heavy atom. The molecule has 1 N–H and O–H groups in total. The first kappa shape index (κ1) is 28.7. The van der Waals surface area contributed by atoms with E-state index in [1.807, 2.05) is 32.9 Å². The van der Waals surface area contributed by atoms with Gasteiger partial charge in [0.1, 0.15) is 18.7 Å². The van der Waals surface area contributed by atoms with Crippen molar-refractivity contribution in [3.63, 3.8) is 0 Å². The zero-order valence-corrected chi connectivity index (χ0v) is 25.0. The van der Waals surface area contributed by atoms with Gasteiger partial charge in [-0.25, -0.2) is 4.98 Å². The fourth-order valence-corrected chi connectivity index (χ4v) is 6.74. The lowest BCUT2D eigenvalue weighted by Gasteiger charge is -2.36. The largest absolute Gasteiger partial charge is 0.367 e. The summed E-state index contributed by atoms with van der Waals surface area (Å²) in [5.41, 5.74) is 1.82. The molecule has 4 atom stereocenters. The Bertz CT molecular complexity index is 1240. The molecule has 0 saturated carbocycles. The molecule has 2 amide bonds. The van der Waals surface area contributed by atoms with E-state index in [0.29, 0.717) is 18.5 Å². The van der Waals surface area contributed by atoms with E-state index in [4.69, 9.17) is 9.72 Å². The Hall–Kier alpha value is -2.82. The van der Waals surface area contributed by atoms with Gasteiger partial charge in [0.25, 0.3) is 5.91 Å². The molecule has 0 bridgehead atoms. The molecule has 0 unspecified atom stereocenters. The highest BCUT2D eigenvalue weighted by atomic mass is 32.1. The monoisotopic (exact) mass is 567 g/mol. The summed E-state index contributed by atoms with van der Waals surface area (Å²) in [6.07, 6.45) is 1.26. The van der Waals surface area contributed by atoms with Gasteiger partial charge in [0.15, 0.2) is 10.9 Å². The average Bonchev–Trinajstić information content (AvgIpc) is 3.69. The van der Waals surface area contributed by atoms with Crippen molar-refractivity contribution in [2.75, 3.05) is 51.3 Å². The Morgan fingerprint density at radius 3 is 2.50 bits per heavy atom. The maximum Gasteiger partial charge on any atom is 0.251 e. The highest BCUT2D eigenvalue weighted by Crippen LogP contribution is 2.36. The second kappa shape index (κ2) is 11.6. The van der Waals surface area contributed by atoms with Crippen molar-refractivity contribution in [2.24, 2.45) is 11.3 Å². The minimum Gasteiger partial charge on any atom is -0.367 e. The van der Waals surface area contributed by atoms with Gasteiger partial charge in [0.05, 0.1) is 11.8 Å². The van der Waals surface area contributed by atoms with E-state index in [1.54, 1.807) is 28.4 Å². The molecule has 3 aliphatic rings. The number of ether oxygens (including phenoxy) is 1. The number of nitrogens with one attached hydrogen (secondary N) is 1. The van der Waals surface area contributed by atoms with Crippen LogP contribution >= 0.6 is 11.3 Å². The standard InChI is InChI=1S/C30H41N5O4S/c1-6-19-16-35(24-23(36)17-39-25(19)24)28(38)26(30(3,4)7-2)32-27(37)21-10-8-20(9-11-21)22-18-40-29(31-22)34-14-12-33(5)13-15-34/h8-11,18-19,24-26H,6-7,12-17H2,1-5H3,(H,32,37)/t19-,24+,25+,26+/m0/s1. The molecule has 5 rings (SSSR count). The predicted octanol–water partition coefficient (Wildman–Crippen LogP) is 3.30. The Kier molecular flexibility index (Phi) is 8.31. The number of nitrogens with zero attached hydrogens (tertiary/aromatic N) is 4. The lowest BCUT2D eigenvalue weighted by atomic mass is 9.80. The third kappa shape index (κ3) is 5.53. The summed E-state index contributed by atoms with van der Waals surface area (Å²) in [6, 6.07) is 6.06. The first-order valence-electron chi connectivity index (χ1n) is 14.4. The molecule has 0 radical (unpaired) electrons. The molecule has 4 heterocycles. The van der Waals surface area contributed by atoms with Crippen LogP contribution in [0.3, 0.4) is 0 Å². The number of hydrogen-bond acceptors (Lipinski definition) is 8. The number of amides is 2. The second-order valence-electron chi connectivity index (χ2n) is 12.0. The molecule has 3 aliphatic heterocycles. The van der Waals surface area contributed by atoms with Gasteiger partial charge in [-0.15, -0.1) is 11.3 Å². The number of anilines is 1. The Balaban J connectivity index is 1.30. The van der Waals surface area contributed by atoms with Gasteiger partial charge in [0.2, 0.25) is 5.91 Å². The third-order valence-electron chi connectivity index (χ3n) is 9.02. The number of likely N-dealkylation sites (tertiary alicyclic amines) is 1. The molecule has 2 aromatic rings. The fourth-order valence-electron chi connectivity index (χ4n) is 5.85. The van der Waals surface area contributed by atoms with Gasteiger partial charge in [-0.3, -0.25) is 14.4 Å². The van der Waals surface area contributed by atoms with Gasteiger partial charge >= 0.3 is 0 Å². The molecule has 9 nitrogen and oxygen atoms in total. The number of piperazine rings is 1. The van der Waals surface area contributed by atoms with Gasteiger partial charge in [-0.2, -0.15) is 0 Å². The number of Topliss-reactive ketones (excluding diaryl/α,β-unsaturated/α-hetero) is 1. The summed E-state index contributed by atoms with van der Waals surface area (Å²) >= 11 is 1.64. The minimum absolute atomic E-state index is 0.0476. The van der Waals surface area contributed by atoms with Crippen LogP contribution in [0.1, 0.15) is 50.9 Å². The van der Waals surface area contributed by atoms with Crippen LogP contribution < -0.4 is 10.2 Å². The lowest BCUT2D eigenvalue weighted by molar-refractivity contribution is -0.140. The van der Waals surface area contributed by atoms with Crippen LogP contribution in [-0.2, 0) is 14.3 Å².